The van der Waals surface area contributed by atoms with Crippen LogP contribution in [0.1, 0.15) is 24.6 Å². The first-order chi connectivity index (χ1) is 6.79. The quantitative estimate of drug-likeness (QED) is 0.822. The topological polar surface area (TPSA) is 53.4 Å². The van der Waals surface area contributed by atoms with Gasteiger partial charge in [0.15, 0.2) is 6.04 Å². The highest BCUT2D eigenvalue weighted by molar-refractivity contribution is 7.07. The second kappa shape index (κ2) is 4.06. The lowest BCUT2D eigenvalue weighted by Crippen LogP contribution is -2.31. The van der Waals surface area contributed by atoms with Gasteiger partial charge in [-0.15, -0.1) is 11.3 Å². The van der Waals surface area contributed by atoms with Gasteiger partial charge >= 0.3 is 5.97 Å². The number of likely N-dealkylation sites (tertiary alicyclic amines) is 1. The Bertz CT molecular complexity index is 307. The molecule has 1 aromatic rings. The van der Waals surface area contributed by atoms with Gasteiger partial charge in [-0.1, -0.05) is 0 Å². The van der Waals surface area contributed by atoms with Gasteiger partial charge in [0, 0.05) is 5.38 Å². The fourth-order valence-electron chi connectivity index (χ4n) is 1.83. The maximum absolute atomic E-state index is 11.1. The molecule has 5 heteroatoms. The zero-order valence-corrected chi connectivity index (χ0v) is 8.54. The minimum atomic E-state index is -0.794. The molecule has 0 amide bonds. The van der Waals surface area contributed by atoms with Gasteiger partial charge in [-0.2, -0.15) is 0 Å². The fraction of sp³-hybridized carbons (Fsp3) is 0.556. The minimum absolute atomic E-state index is 0.538. The van der Waals surface area contributed by atoms with Crippen molar-refractivity contribution in [1.82, 2.24) is 9.88 Å². The first-order valence-corrected chi connectivity index (χ1v) is 5.58. The molecule has 1 aromatic heterocycles. The van der Waals surface area contributed by atoms with Crippen molar-refractivity contribution >= 4 is 17.3 Å². The molecule has 2 rings (SSSR count). The number of nitrogens with zero attached hydrogens (tertiary/aromatic N) is 2. The molecule has 0 aromatic carbocycles. The molecular weight excluding hydrogens is 200 g/mol. The lowest BCUT2D eigenvalue weighted by atomic mass is 10.2. The number of aliphatic carboxylic acids is 1. The van der Waals surface area contributed by atoms with E-state index in [0.29, 0.717) is 5.69 Å². The molecule has 4 nitrogen and oxygen atoms in total. The Morgan fingerprint density at radius 2 is 2.29 bits per heavy atom. The molecule has 0 bridgehead atoms. The summed E-state index contributed by atoms with van der Waals surface area (Å²) in [4.78, 5) is 17.2. The Balaban J connectivity index is 2.19. The van der Waals surface area contributed by atoms with Gasteiger partial charge < -0.3 is 5.11 Å². The van der Waals surface area contributed by atoms with Crippen molar-refractivity contribution in [2.24, 2.45) is 0 Å². The summed E-state index contributed by atoms with van der Waals surface area (Å²) < 4.78 is 0. The van der Waals surface area contributed by atoms with Crippen LogP contribution in [0.3, 0.4) is 0 Å². The van der Waals surface area contributed by atoms with Gasteiger partial charge in [0.05, 0.1) is 11.2 Å². The summed E-state index contributed by atoms with van der Waals surface area (Å²) in [6.07, 6.45) is 2.18. The third-order valence-corrected chi connectivity index (χ3v) is 3.08. The second-order valence-corrected chi connectivity index (χ2v) is 4.12. The Labute approximate surface area is 86.2 Å². The van der Waals surface area contributed by atoms with Crippen LogP contribution in [0.4, 0.5) is 0 Å². The second-order valence-electron chi connectivity index (χ2n) is 3.40. The molecule has 1 atom stereocenters. The van der Waals surface area contributed by atoms with Gasteiger partial charge in [0.1, 0.15) is 0 Å². The number of thiazole rings is 1. The lowest BCUT2D eigenvalue weighted by Gasteiger charge is -2.21. The normalized spacial score (nSPS) is 19.7. The minimum Gasteiger partial charge on any atom is -0.480 e. The number of carbonyl (C=O) groups is 1. The summed E-state index contributed by atoms with van der Waals surface area (Å²) in [7, 11) is 0. The Hall–Kier alpha value is -0.940. The SMILES string of the molecule is O=C(O)C(c1cscn1)N1CCCC1. The van der Waals surface area contributed by atoms with Crippen LogP contribution >= 0.6 is 11.3 Å². The zero-order chi connectivity index (χ0) is 9.97. The van der Waals surface area contributed by atoms with Crippen LogP contribution in [-0.2, 0) is 4.79 Å². The molecule has 1 aliphatic rings. The smallest absolute Gasteiger partial charge is 0.327 e. The van der Waals surface area contributed by atoms with Gasteiger partial charge in [-0.05, 0) is 25.9 Å². The summed E-state index contributed by atoms with van der Waals surface area (Å²) in [5, 5.41) is 10.9. The molecule has 1 unspecified atom stereocenters. The monoisotopic (exact) mass is 212 g/mol. The maximum Gasteiger partial charge on any atom is 0.327 e. The first kappa shape index (κ1) is 9.61. The van der Waals surface area contributed by atoms with E-state index in [0.717, 1.165) is 25.9 Å². The highest BCUT2D eigenvalue weighted by atomic mass is 32.1. The standard InChI is InChI=1S/C9H12N2O2S/c12-9(13)8(7-5-14-6-10-7)11-3-1-2-4-11/h5-6,8H,1-4H2,(H,12,13). The fourth-order valence-corrected chi connectivity index (χ4v) is 2.40. The van der Waals surface area contributed by atoms with Crippen LogP contribution in [-0.4, -0.2) is 34.0 Å². The Morgan fingerprint density at radius 3 is 2.79 bits per heavy atom. The van der Waals surface area contributed by atoms with Crippen LogP contribution in [0.15, 0.2) is 10.9 Å². The number of hydrogen-bond donors (Lipinski definition) is 1. The van der Waals surface area contributed by atoms with Crippen LogP contribution in [0.2, 0.25) is 0 Å². The van der Waals surface area contributed by atoms with Gasteiger partial charge in [-0.3, -0.25) is 9.69 Å². The van der Waals surface area contributed by atoms with Gasteiger partial charge in [-0.25, -0.2) is 4.98 Å². The molecular formula is C9H12N2O2S. The largest absolute Gasteiger partial charge is 0.480 e. The van der Waals surface area contributed by atoms with E-state index in [4.69, 9.17) is 5.11 Å². The molecule has 76 valence electrons. The molecule has 1 N–H and O–H groups in total. The molecule has 0 radical (unpaired) electrons. The molecule has 1 aliphatic heterocycles. The van der Waals surface area contributed by atoms with Crippen LogP contribution < -0.4 is 0 Å². The van der Waals surface area contributed by atoms with E-state index < -0.39 is 12.0 Å². The summed E-state index contributed by atoms with van der Waals surface area (Å²) >= 11 is 1.44. The van der Waals surface area contributed by atoms with Crippen LogP contribution in [0, 0.1) is 0 Å². The number of hydrogen-bond acceptors (Lipinski definition) is 4. The van der Waals surface area contributed by atoms with Crippen LogP contribution in [0.5, 0.6) is 0 Å². The number of carboxylic acid groups (broad SMARTS) is 1. The molecule has 0 saturated carbocycles. The van der Waals surface area contributed by atoms with Crippen molar-refractivity contribution in [2.45, 2.75) is 18.9 Å². The predicted molar refractivity (Wildman–Crippen MR) is 53.3 cm³/mol. The summed E-state index contributed by atoms with van der Waals surface area (Å²) in [5.74, 6) is -0.794. The van der Waals surface area contributed by atoms with E-state index in [-0.39, 0.29) is 0 Å². The van der Waals surface area contributed by atoms with Crippen molar-refractivity contribution in [1.29, 1.82) is 0 Å². The third-order valence-electron chi connectivity index (χ3n) is 2.47. The van der Waals surface area contributed by atoms with Crippen molar-refractivity contribution in [3.63, 3.8) is 0 Å². The average Bonchev–Trinajstić information content (AvgIpc) is 2.75. The Kier molecular flexibility index (Phi) is 2.79. The Morgan fingerprint density at radius 1 is 1.57 bits per heavy atom. The van der Waals surface area contributed by atoms with E-state index in [9.17, 15) is 4.79 Å². The van der Waals surface area contributed by atoms with E-state index >= 15 is 0 Å². The summed E-state index contributed by atoms with van der Waals surface area (Å²) in [6, 6.07) is -0.538. The number of rotatable bonds is 3. The highest BCUT2D eigenvalue weighted by Gasteiger charge is 2.30. The molecule has 14 heavy (non-hydrogen) atoms. The van der Waals surface area contributed by atoms with Gasteiger partial charge in [0.2, 0.25) is 0 Å². The molecule has 0 aliphatic carbocycles. The highest BCUT2D eigenvalue weighted by Crippen LogP contribution is 2.24. The first-order valence-electron chi connectivity index (χ1n) is 4.64. The van der Waals surface area contributed by atoms with E-state index in [2.05, 4.69) is 4.98 Å². The summed E-state index contributed by atoms with van der Waals surface area (Å²) in [6.45, 7) is 1.74. The molecule has 2 heterocycles. The number of aromatic nitrogens is 1. The van der Waals surface area contributed by atoms with Crippen molar-refractivity contribution in [3.8, 4) is 0 Å². The van der Waals surface area contributed by atoms with E-state index in [1.807, 2.05) is 10.3 Å². The van der Waals surface area contributed by atoms with E-state index in [1.165, 1.54) is 11.3 Å². The molecule has 0 spiro atoms. The van der Waals surface area contributed by atoms with Gasteiger partial charge in [0.25, 0.3) is 0 Å². The predicted octanol–water partition coefficient (Wildman–Crippen LogP) is 1.36. The molecule has 1 saturated heterocycles. The molecule has 1 fully saturated rings. The van der Waals surface area contributed by atoms with E-state index in [1.54, 1.807) is 5.51 Å². The maximum atomic E-state index is 11.1. The average molecular weight is 212 g/mol. The van der Waals surface area contributed by atoms with Crippen molar-refractivity contribution in [3.05, 3.63) is 16.6 Å². The van der Waals surface area contributed by atoms with Crippen molar-refractivity contribution in [2.75, 3.05) is 13.1 Å². The summed E-state index contributed by atoms with van der Waals surface area (Å²) in [5.41, 5.74) is 2.35. The third kappa shape index (κ3) is 1.78. The zero-order valence-electron chi connectivity index (χ0n) is 7.72. The van der Waals surface area contributed by atoms with Crippen molar-refractivity contribution < 1.29 is 9.90 Å². The van der Waals surface area contributed by atoms with Crippen LogP contribution in [0.25, 0.3) is 0 Å². The lowest BCUT2D eigenvalue weighted by molar-refractivity contribution is -0.143. The number of carboxylic acids is 1.